The zero-order valence-electron chi connectivity index (χ0n) is 17.3. The molecule has 1 unspecified atom stereocenters. The Balaban J connectivity index is 0.00000338. The lowest BCUT2D eigenvalue weighted by Gasteiger charge is -2.24. The van der Waals surface area contributed by atoms with E-state index in [1.54, 1.807) is 0 Å². The van der Waals surface area contributed by atoms with Gasteiger partial charge in [0.2, 0.25) is 0 Å². The van der Waals surface area contributed by atoms with Crippen molar-refractivity contribution in [2.75, 3.05) is 47.3 Å². The van der Waals surface area contributed by atoms with Crippen LogP contribution in [0.2, 0.25) is 0 Å². The van der Waals surface area contributed by atoms with Crippen molar-refractivity contribution in [3.05, 3.63) is 0 Å². The third-order valence-corrected chi connectivity index (χ3v) is 5.70. The van der Waals surface area contributed by atoms with E-state index >= 15 is 0 Å². The second kappa shape index (κ2) is 14.0. The second-order valence-electron chi connectivity index (χ2n) is 8.13. The molecule has 1 saturated carbocycles. The van der Waals surface area contributed by atoms with Crippen LogP contribution in [0.25, 0.3) is 0 Å². The molecule has 2 aliphatic rings. The number of rotatable bonds is 10. The van der Waals surface area contributed by atoms with Gasteiger partial charge in [-0.1, -0.05) is 32.1 Å². The predicted molar refractivity (Wildman–Crippen MR) is 124 cm³/mol. The highest BCUT2D eigenvalue weighted by Gasteiger charge is 2.30. The van der Waals surface area contributed by atoms with Crippen molar-refractivity contribution in [1.29, 1.82) is 0 Å². The van der Waals surface area contributed by atoms with Gasteiger partial charge in [-0.25, -0.2) is 0 Å². The van der Waals surface area contributed by atoms with Gasteiger partial charge in [-0.2, -0.15) is 0 Å². The first-order valence-electron chi connectivity index (χ1n) is 10.5. The first-order chi connectivity index (χ1) is 12.2. The van der Waals surface area contributed by atoms with Gasteiger partial charge in [0.15, 0.2) is 5.96 Å². The molecule has 1 heterocycles. The Kier molecular flexibility index (Phi) is 12.9. The summed E-state index contributed by atoms with van der Waals surface area (Å²) in [5.41, 5.74) is 0. The minimum atomic E-state index is 0. The van der Waals surface area contributed by atoms with Crippen LogP contribution in [0.3, 0.4) is 0 Å². The van der Waals surface area contributed by atoms with Crippen molar-refractivity contribution >= 4 is 29.9 Å². The maximum atomic E-state index is 4.41. The zero-order valence-corrected chi connectivity index (χ0v) is 19.6. The summed E-state index contributed by atoms with van der Waals surface area (Å²) in [5, 5.41) is 7.14. The molecule has 0 aromatic rings. The van der Waals surface area contributed by atoms with Crippen LogP contribution in [0.1, 0.15) is 64.2 Å². The van der Waals surface area contributed by atoms with Gasteiger partial charge >= 0.3 is 0 Å². The molecule has 5 nitrogen and oxygen atoms in total. The van der Waals surface area contributed by atoms with Crippen LogP contribution in [-0.2, 0) is 0 Å². The number of halogens is 1. The molecular formula is C20H42IN5. The molecule has 6 heteroatoms. The number of likely N-dealkylation sites (tertiary alicyclic amines) is 1. The van der Waals surface area contributed by atoms with Gasteiger partial charge in [0.25, 0.3) is 0 Å². The van der Waals surface area contributed by atoms with Gasteiger partial charge in [-0.3, -0.25) is 9.89 Å². The monoisotopic (exact) mass is 479 g/mol. The molecule has 0 bridgehead atoms. The molecule has 2 fully saturated rings. The quantitative estimate of drug-likeness (QED) is 0.219. The average Bonchev–Trinajstić information content (AvgIpc) is 3.26. The Hall–Kier alpha value is -0.0800. The summed E-state index contributed by atoms with van der Waals surface area (Å²) in [6.45, 7) is 4.70. The molecule has 0 amide bonds. The minimum absolute atomic E-state index is 0. The maximum Gasteiger partial charge on any atom is 0.191 e. The highest BCUT2D eigenvalue weighted by atomic mass is 127. The fourth-order valence-electron chi connectivity index (χ4n) is 4.18. The normalized spacial score (nSPS) is 22.0. The first-order valence-corrected chi connectivity index (χ1v) is 10.5. The van der Waals surface area contributed by atoms with Crippen molar-refractivity contribution in [2.45, 2.75) is 76.3 Å². The van der Waals surface area contributed by atoms with Crippen molar-refractivity contribution in [3.8, 4) is 0 Å². The van der Waals surface area contributed by atoms with Crippen LogP contribution in [0.4, 0.5) is 0 Å². The summed E-state index contributed by atoms with van der Waals surface area (Å²) in [4.78, 5) is 9.38. The number of nitrogens with one attached hydrogen (secondary N) is 2. The lowest BCUT2D eigenvalue weighted by atomic mass is 10.1. The van der Waals surface area contributed by atoms with E-state index in [0.29, 0.717) is 6.04 Å². The smallest absolute Gasteiger partial charge is 0.191 e. The summed E-state index contributed by atoms with van der Waals surface area (Å²) in [5.74, 6) is 0.992. The van der Waals surface area contributed by atoms with Crippen LogP contribution in [0.15, 0.2) is 4.99 Å². The molecule has 2 N–H and O–H groups in total. The second-order valence-corrected chi connectivity index (χ2v) is 8.13. The lowest BCUT2D eigenvalue weighted by molar-refractivity contribution is 0.242. The summed E-state index contributed by atoms with van der Waals surface area (Å²) in [7, 11) is 6.19. The third-order valence-electron chi connectivity index (χ3n) is 5.70. The van der Waals surface area contributed by atoms with E-state index in [-0.39, 0.29) is 24.0 Å². The Bertz CT molecular complexity index is 382. The standard InChI is InChI=1S/C20H41N5.HI/c1-21-20(22-14-9-5-4-6-10-15-24(2)3)23-18-13-16-25(17-18)19-11-7-8-12-19;/h18-19H,4-17H2,1-3H3,(H2,21,22,23);1H. The Morgan fingerprint density at radius 1 is 1.04 bits per heavy atom. The van der Waals surface area contributed by atoms with Crippen LogP contribution in [0, 0.1) is 0 Å². The summed E-state index contributed by atoms with van der Waals surface area (Å²) < 4.78 is 0. The third kappa shape index (κ3) is 9.22. The molecule has 1 atom stereocenters. The number of hydrogen-bond acceptors (Lipinski definition) is 3. The van der Waals surface area contributed by atoms with Crippen LogP contribution < -0.4 is 10.6 Å². The fourth-order valence-corrected chi connectivity index (χ4v) is 4.18. The molecule has 0 aromatic heterocycles. The zero-order chi connectivity index (χ0) is 17.9. The van der Waals surface area contributed by atoms with Crippen molar-refractivity contribution in [2.24, 2.45) is 4.99 Å². The topological polar surface area (TPSA) is 42.9 Å². The molecule has 154 valence electrons. The molecule has 0 spiro atoms. The van der Waals surface area contributed by atoms with Crippen LogP contribution in [0.5, 0.6) is 0 Å². The number of nitrogens with zero attached hydrogens (tertiary/aromatic N) is 3. The van der Waals surface area contributed by atoms with Crippen molar-refractivity contribution in [3.63, 3.8) is 0 Å². The van der Waals surface area contributed by atoms with E-state index in [2.05, 4.69) is 39.5 Å². The van der Waals surface area contributed by atoms with E-state index in [0.717, 1.165) is 18.5 Å². The van der Waals surface area contributed by atoms with E-state index in [4.69, 9.17) is 0 Å². The van der Waals surface area contributed by atoms with Gasteiger partial charge < -0.3 is 15.5 Å². The SMILES string of the molecule is CN=C(NCCCCCCCN(C)C)NC1CCN(C2CCCC2)C1.I. The van der Waals surface area contributed by atoms with Crippen molar-refractivity contribution in [1.82, 2.24) is 20.4 Å². The molecule has 1 saturated heterocycles. The van der Waals surface area contributed by atoms with Crippen LogP contribution in [-0.4, -0.2) is 75.2 Å². The molecule has 2 rings (SSSR count). The number of guanidine groups is 1. The van der Waals surface area contributed by atoms with E-state index in [1.165, 1.54) is 83.8 Å². The minimum Gasteiger partial charge on any atom is -0.356 e. The van der Waals surface area contributed by atoms with E-state index in [9.17, 15) is 0 Å². The first kappa shape index (κ1) is 24.0. The number of hydrogen-bond donors (Lipinski definition) is 2. The van der Waals surface area contributed by atoms with Crippen molar-refractivity contribution < 1.29 is 0 Å². The van der Waals surface area contributed by atoms with Gasteiger partial charge in [-0.05, 0) is 52.7 Å². The fraction of sp³-hybridized carbons (Fsp3) is 0.950. The van der Waals surface area contributed by atoms with E-state index < -0.39 is 0 Å². The van der Waals surface area contributed by atoms with E-state index in [1.807, 2.05) is 7.05 Å². The molecular weight excluding hydrogens is 437 g/mol. The summed E-state index contributed by atoms with van der Waals surface area (Å²) in [6.07, 6.45) is 13.5. The van der Waals surface area contributed by atoms with Gasteiger partial charge in [0, 0.05) is 38.8 Å². The van der Waals surface area contributed by atoms with Gasteiger partial charge in [-0.15, -0.1) is 24.0 Å². The Labute approximate surface area is 178 Å². The van der Waals surface area contributed by atoms with Gasteiger partial charge in [0.05, 0.1) is 0 Å². The van der Waals surface area contributed by atoms with Crippen LogP contribution >= 0.6 is 24.0 Å². The predicted octanol–water partition coefficient (Wildman–Crippen LogP) is 3.30. The number of unbranched alkanes of at least 4 members (excludes halogenated alkanes) is 4. The lowest BCUT2D eigenvalue weighted by Crippen LogP contribution is -2.45. The Morgan fingerprint density at radius 2 is 1.73 bits per heavy atom. The molecule has 1 aliphatic heterocycles. The molecule has 26 heavy (non-hydrogen) atoms. The Morgan fingerprint density at radius 3 is 2.42 bits per heavy atom. The largest absolute Gasteiger partial charge is 0.356 e. The molecule has 0 radical (unpaired) electrons. The van der Waals surface area contributed by atoms with Gasteiger partial charge in [0.1, 0.15) is 0 Å². The molecule has 0 aromatic carbocycles. The number of aliphatic imine (C=N–C) groups is 1. The average molecular weight is 479 g/mol. The highest BCUT2D eigenvalue weighted by Crippen LogP contribution is 2.26. The highest BCUT2D eigenvalue weighted by molar-refractivity contribution is 14.0. The summed E-state index contributed by atoms with van der Waals surface area (Å²) >= 11 is 0. The maximum absolute atomic E-state index is 4.41. The molecule has 1 aliphatic carbocycles. The summed E-state index contributed by atoms with van der Waals surface area (Å²) in [6, 6.07) is 1.42.